The van der Waals surface area contributed by atoms with Gasteiger partial charge in [-0.2, -0.15) is 0 Å². The first-order chi connectivity index (χ1) is 8.14. The van der Waals surface area contributed by atoms with Crippen molar-refractivity contribution < 1.29 is 14.6 Å². The summed E-state index contributed by atoms with van der Waals surface area (Å²) in [5.74, 6) is 0. The van der Waals surface area contributed by atoms with E-state index in [1.165, 1.54) is 0 Å². The Kier molecular flexibility index (Phi) is 3.10. The Bertz CT molecular complexity index is 341. The highest BCUT2D eigenvalue weighted by Crippen LogP contribution is 2.45. The first-order valence-corrected chi connectivity index (χ1v) is 6.62. The van der Waals surface area contributed by atoms with Crippen LogP contribution >= 0.6 is 0 Å². The molecule has 0 saturated heterocycles. The van der Waals surface area contributed by atoms with Gasteiger partial charge >= 0.3 is 6.09 Å². The predicted octanol–water partition coefficient (Wildman–Crippen LogP) is 1.29. The minimum Gasteiger partial charge on any atom is -0.444 e. The molecule has 1 atom stereocenters. The van der Waals surface area contributed by atoms with E-state index in [-0.39, 0.29) is 5.54 Å². The lowest BCUT2D eigenvalue weighted by atomic mass is 9.60. The molecule has 0 aromatic heterocycles. The van der Waals surface area contributed by atoms with Gasteiger partial charge in [0.15, 0.2) is 0 Å². The molecule has 3 aliphatic rings. The summed E-state index contributed by atoms with van der Waals surface area (Å²) in [7, 11) is 0. The van der Waals surface area contributed by atoms with E-state index in [1.54, 1.807) is 0 Å². The molecule has 3 rings (SSSR count). The van der Waals surface area contributed by atoms with Crippen molar-refractivity contribution in [3.8, 4) is 0 Å². The number of aliphatic hydroxyl groups is 1. The van der Waals surface area contributed by atoms with Crippen LogP contribution in [0.25, 0.3) is 0 Å². The van der Waals surface area contributed by atoms with E-state index >= 15 is 0 Å². The quantitative estimate of drug-likeness (QED) is 0.660. The summed E-state index contributed by atoms with van der Waals surface area (Å²) in [6, 6.07) is 0. The second-order valence-corrected chi connectivity index (χ2v) is 6.87. The molecule has 0 radical (unpaired) electrons. The van der Waals surface area contributed by atoms with Gasteiger partial charge < -0.3 is 20.9 Å². The Morgan fingerprint density at radius 3 is 2.33 bits per heavy atom. The number of carbonyl (C=O) groups is 1. The number of hydrogen-bond donors (Lipinski definition) is 3. The third-order valence-electron chi connectivity index (χ3n) is 4.13. The number of aliphatic hydroxyl groups excluding tert-OH is 1. The van der Waals surface area contributed by atoms with Crippen LogP contribution in [0.2, 0.25) is 0 Å². The summed E-state index contributed by atoms with van der Waals surface area (Å²) in [4.78, 5) is 11.9. The second kappa shape index (κ2) is 4.10. The Morgan fingerprint density at radius 2 is 1.89 bits per heavy atom. The maximum Gasteiger partial charge on any atom is 0.408 e. The lowest BCUT2D eigenvalue weighted by Crippen LogP contribution is -2.68. The van der Waals surface area contributed by atoms with Gasteiger partial charge in [0.2, 0.25) is 0 Å². The predicted molar refractivity (Wildman–Crippen MR) is 68.1 cm³/mol. The fraction of sp³-hybridized carbons (Fsp3) is 0.923. The molecule has 2 bridgehead atoms. The Balaban J connectivity index is 2.02. The summed E-state index contributed by atoms with van der Waals surface area (Å²) in [5, 5.41) is 13.1. The standard InChI is InChI=1S/C13H24N2O3/c1-11(2,3)18-10(17)15-13-6-4-12(14,5-7-13)8-9(13)16/h9,16H,4-8,14H2,1-3H3,(H,15,17)/t9-,12?,13?/m1/s1. The summed E-state index contributed by atoms with van der Waals surface area (Å²) >= 11 is 0. The third-order valence-corrected chi connectivity index (χ3v) is 4.13. The van der Waals surface area contributed by atoms with Gasteiger partial charge in [-0.05, 0) is 52.9 Å². The minimum absolute atomic E-state index is 0.239. The third kappa shape index (κ3) is 2.62. The normalized spacial score (nSPS) is 39.5. The zero-order valence-electron chi connectivity index (χ0n) is 11.5. The summed E-state index contributed by atoms with van der Waals surface area (Å²) < 4.78 is 5.27. The molecule has 0 spiro atoms. The van der Waals surface area contributed by atoms with Crippen molar-refractivity contribution in [3.05, 3.63) is 0 Å². The van der Waals surface area contributed by atoms with Crippen LogP contribution in [-0.2, 0) is 4.74 Å². The van der Waals surface area contributed by atoms with Crippen molar-refractivity contribution in [2.45, 2.75) is 75.7 Å². The Labute approximate surface area is 108 Å². The first-order valence-electron chi connectivity index (χ1n) is 6.62. The van der Waals surface area contributed by atoms with Crippen LogP contribution in [0.15, 0.2) is 0 Å². The number of nitrogens with one attached hydrogen (secondary N) is 1. The van der Waals surface area contributed by atoms with Crippen LogP contribution in [0, 0.1) is 0 Å². The number of fused-ring (bicyclic) bond motifs is 3. The highest BCUT2D eigenvalue weighted by Gasteiger charge is 2.53. The fourth-order valence-corrected chi connectivity index (χ4v) is 3.03. The number of nitrogens with two attached hydrogens (primary N) is 1. The second-order valence-electron chi connectivity index (χ2n) is 6.87. The number of carbonyl (C=O) groups excluding carboxylic acids is 1. The van der Waals surface area contributed by atoms with Crippen LogP contribution in [0.5, 0.6) is 0 Å². The maximum atomic E-state index is 11.9. The molecule has 3 saturated carbocycles. The van der Waals surface area contributed by atoms with E-state index in [1.807, 2.05) is 20.8 Å². The molecule has 18 heavy (non-hydrogen) atoms. The Hall–Kier alpha value is -0.810. The zero-order valence-corrected chi connectivity index (χ0v) is 11.5. The molecule has 5 heteroatoms. The van der Waals surface area contributed by atoms with Gasteiger partial charge in [0.1, 0.15) is 5.60 Å². The minimum atomic E-state index is -0.572. The monoisotopic (exact) mass is 256 g/mol. The van der Waals surface area contributed by atoms with Gasteiger partial charge in [0.05, 0.1) is 11.6 Å². The highest BCUT2D eigenvalue weighted by atomic mass is 16.6. The molecule has 5 nitrogen and oxygen atoms in total. The first kappa shape index (κ1) is 13.6. The van der Waals surface area contributed by atoms with E-state index < -0.39 is 23.3 Å². The number of rotatable bonds is 1. The Morgan fingerprint density at radius 1 is 1.33 bits per heavy atom. The molecule has 4 N–H and O–H groups in total. The summed E-state index contributed by atoms with van der Waals surface area (Å²) in [6.07, 6.45) is 2.68. The van der Waals surface area contributed by atoms with Crippen LogP contribution < -0.4 is 11.1 Å². The lowest BCUT2D eigenvalue weighted by molar-refractivity contribution is -0.0539. The number of alkyl carbamates (subject to hydrolysis) is 1. The molecule has 104 valence electrons. The number of amides is 1. The average Bonchev–Trinajstić information content (AvgIpc) is 2.17. The number of hydrogen-bond acceptors (Lipinski definition) is 4. The average molecular weight is 256 g/mol. The SMILES string of the molecule is CC(C)(C)OC(=O)NC12CCC(N)(CC1)C[C@H]2O. The molecule has 3 fully saturated rings. The van der Waals surface area contributed by atoms with Crippen LogP contribution in [0.3, 0.4) is 0 Å². The van der Waals surface area contributed by atoms with Crippen molar-refractivity contribution in [1.82, 2.24) is 5.32 Å². The smallest absolute Gasteiger partial charge is 0.408 e. The van der Waals surface area contributed by atoms with E-state index in [2.05, 4.69) is 5.32 Å². The molecule has 0 heterocycles. The van der Waals surface area contributed by atoms with Crippen molar-refractivity contribution in [1.29, 1.82) is 0 Å². The molecule has 3 aliphatic carbocycles. The number of ether oxygens (including phenoxy) is 1. The van der Waals surface area contributed by atoms with E-state index in [0.717, 1.165) is 25.7 Å². The van der Waals surface area contributed by atoms with Gasteiger partial charge in [-0.25, -0.2) is 4.79 Å². The molecule has 0 aromatic rings. The topological polar surface area (TPSA) is 84.6 Å². The van der Waals surface area contributed by atoms with Gasteiger partial charge in [-0.1, -0.05) is 0 Å². The molecule has 0 unspecified atom stereocenters. The highest BCUT2D eigenvalue weighted by molar-refractivity contribution is 5.69. The van der Waals surface area contributed by atoms with Crippen molar-refractivity contribution in [2.75, 3.05) is 0 Å². The lowest BCUT2D eigenvalue weighted by Gasteiger charge is -2.54. The van der Waals surface area contributed by atoms with Gasteiger partial charge in [0.25, 0.3) is 0 Å². The van der Waals surface area contributed by atoms with E-state index in [9.17, 15) is 9.90 Å². The van der Waals surface area contributed by atoms with Gasteiger partial charge in [-0.15, -0.1) is 0 Å². The molecule has 0 aromatic carbocycles. The largest absolute Gasteiger partial charge is 0.444 e. The summed E-state index contributed by atoms with van der Waals surface area (Å²) in [6.45, 7) is 5.48. The maximum absolute atomic E-state index is 11.9. The molecule has 0 aliphatic heterocycles. The van der Waals surface area contributed by atoms with Gasteiger partial charge in [-0.3, -0.25) is 0 Å². The zero-order chi connectivity index (χ0) is 13.6. The summed E-state index contributed by atoms with van der Waals surface area (Å²) in [5.41, 5.74) is 4.88. The fourth-order valence-electron chi connectivity index (χ4n) is 3.03. The van der Waals surface area contributed by atoms with Crippen LogP contribution in [0.4, 0.5) is 4.79 Å². The van der Waals surface area contributed by atoms with Crippen molar-refractivity contribution in [2.24, 2.45) is 5.73 Å². The van der Waals surface area contributed by atoms with Crippen LogP contribution in [0.1, 0.15) is 52.9 Å². The van der Waals surface area contributed by atoms with Crippen molar-refractivity contribution >= 4 is 6.09 Å². The molecular weight excluding hydrogens is 232 g/mol. The molecule has 1 amide bonds. The van der Waals surface area contributed by atoms with E-state index in [0.29, 0.717) is 6.42 Å². The van der Waals surface area contributed by atoms with Gasteiger partial charge in [0, 0.05) is 5.54 Å². The van der Waals surface area contributed by atoms with E-state index in [4.69, 9.17) is 10.5 Å². The molecular formula is C13H24N2O3. The van der Waals surface area contributed by atoms with Crippen LogP contribution in [-0.4, -0.2) is 34.0 Å². The van der Waals surface area contributed by atoms with Crippen molar-refractivity contribution in [3.63, 3.8) is 0 Å².